The van der Waals surface area contributed by atoms with E-state index in [1.54, 1.807) is 0 Å². The zero-order valence-corrected chi connectivity index (χ0v) is 19.2. The second kappa shape index (κ2) is 11.3. The summed E-state index contributed by atoms with van der Waals surface area (Å²) >= 11 is 0. The molecule has 1 heterocycles. The Kier molecular flexibility index (Phi) is 8.75. The van der Waals surface area contributed by atoms with Gasteiger partial charge in [-0.05, 0) is 25.3 Å². The summed E-state index contributed by atoms with van der Waals surface area (Å²) in [6, 6.07) is 10.4. The Labute approximate surface area is 188 Å². The molecule has 0 aliphatic heterocycles. The van der Waals surface area contributed by atoms with Crippen LogP contribution in [-0.4, -0.2) is 42.1 Å². The van der Waals surface area contributed by atoms with Gasteiger partial charge in [-0.2, -0.15) is 0 Å². The molecule has 0 bridgehead atoms. The van der Waals surface area contributed by atoms with Crippen molar-refractivity contribution in [1.82, 2.24) is 10.3 Å². The van der Waals surface area contributed by atoms with Gasteiger partial charge in [0.2, 0.25) is 5.75 Å². The number of carbonyl (C=O) groups excluding carboxylic acids is 3. The zero-order chi connectivity index (χ0) is 23.8. The van der Waals surface area contributed by atoms with E-state index in [4.69, 9.17) is 14.2 Å². The van der Waals surface area contributed by atoms with E-state index in [2.05, 4.69) is 24.1 Å². The molecule has 0 saturated heterocycles. The van der Waals surface area contributed by atoms with E-state index in [0.29, 0.717) is 0 Å². The fourth-order valence-electron chi connectivity index (χ4n) is 3.55. The first-order valence-corrected chi connectivity index (χ1v) is 10.4. The molecule has 0 unspecified atom stereocenters. The molecule has 0 aliphatic rings. The van der Waals surface area contributed by atoms with Crippen molar-refractivity contribution in [3.8, 4) is 11.5 Å². The largest absolute Gasteiger partial charge is 0.493 e. The van der Waals surface area contributed by atoms with Crippen LogP contribution in [0.5, 0.6) is 11.5 Å². The molecule has 8 heteroatoms. The monoisotopic (exact) mass is 442 g/mol. The van der Waals surface area contributed by atoms with Gasteiger partial charge < -0.3 is 19.5 Å². The number of hydrogen-bond donors (Lipinski definition) is 1. The number of ether oxygens (including phenoxy) is 3. The summed E-state index contributed by atoms with van der Waals surface area (Å²) in [5, 5.41) is 2.55. The molecule has 8 nitrogen and oxygen atoms in total. The van der Waals surface area contributed by atoms with Crippen LogP contribution in [0.1, 0.15) is 56.6 Å². The number of esters is 2. The smallest absolute Gasteiger partial charge is 0.328 e. The molecule has 0 radical (unpaired) electrons. The van der Waals surface area contributed by atoms with Crippen LogP contribution in [0.2, 0.25) is 0 Å². The highest BCUT2D eigenvalue weighted by Crippen LogP contribution is 2.31. The first kappa shape index (κ1) is 24.8. The molecule has 0 spiro atoms. The molecule has 0 aliphatic carbocycles. The lowest BCUT2D eigenvalue weighted by Crippen LogP contribution is -2.42. The molecular weight excluding hydrogens is 412 g/mol. The molecule has 1 N–H and O–H groups in total. The molecule has 0 fully saturated rings. The second-order valence-corrected chi connectivity index (χ2v) is 7.80. The van der Waals surface area contributed by atoms with Crippen LogP contribution in [0.3, 0.4) is 0 Å². The van der Waals surface area contributed by atoms with Crippen molar-refractivity contribution >= 4 is 17.8 Å². The van der Waals surface area contributed by atoms with Gasteiger partial charge in [0, 0.05) is 25.1 Å². The average Bonchev–Trinajstić information content (AvgIpc) is 2.73. The van der Waals surface area contributed by atoms with Crippen molar-refractivity contribution < 1.29 is 28.6 Å². The molecule has 32 heavy (non-hydrogen) atoms. The highest BCUT2D eigenvalue weighted by atomic mass is 16.6. The number of rotatable bonds is 9. The number of carbonyl (C=O) groups is 3. The molecule has 2 aromatic rings. The number of hydrogen-bond acceptors (Lipinski definition) is 7. The highest BCUT2D eigenvalue weighted by molar-refractivity contribution is 5.98. The van der Waals surface area contributed by atoms with Crippen LogP contribution in [0, 0.1) is 5.92 Å². The molecular formula is C24H30N2O6. The highest BCUT2D eigenvalue weighted by Gasteiger charge is 2.29. The summed E-state index contributed by atoms with van der Waals surface area (Å²) in [5.74, 6) is -1.61. The lowest BCUT2D eigenvalue weighted by Gasteiger charge is -2.28. The minimum absolute atomic E-state index is 0.00123. The number of benzene rings is 1. The molecule has 2 rings (SSSR count). The summed E-state index contributed by atoms with van der Waals surface area (Å²) in [6.45, 7) is 8.70. The molecule has 3 atom stereocenters. The number of methoxy groups -OCH3 is 1. The van der Waals surface area contributed by atoms with Crippen molar-refractivity contribution in [2.75, 3.05) is 7.11 Å². The summed E-state index contributed by atoms with van der Waals surface area (Å²) in [7, 11) is 1.38. The Morgan fingerprint density at radius 1 is 1.00 bits per heavy atom. The van der Waals surface area contributed by atoms with Gasteiger partial charge in [0.25, 0.3) is 5.91 Å². The number of amides is 1. The van der Waals surface area contributed by atoms with Crippen molar-refractivity contribution in [2.45, 2.75) is 52.7 Å². The maximum absolute atomic E-state index is 12.8. The fourth-order valence-corrected chi connectivity index (χ4v) is 3.55. The average molecular weight is 443 g/mol. The Morgan fingerprint density at radius 2 is 1.66 bits per heavy atom. The Bertz CT molecular complexity index is 945. The van der Waals surface area contributed by atoms with Crippen LogP contribution < -0.4 is 14.8 Å². The standard InChI is InChI=1S/C24H30N2O6/c1-14(2)20(18-10-8-7-9-11-18)16(4)31-24(29)15(3)26-23(28)21-22(32-17(5)27)19(30-6)12-13-25-21/h7-16,20H,1-6H3,(H,26,28)/t15-,16-,20-/m0/s1. The number of aromatic nitrogens is 1. The van der Waals surface area contributed by atoms with Gasteiger partial charge in [0.1, 0.15) is 12.1 Å². The number of pyridine rings is 1. The third-order valence-corrected chi connectivity index (χ3v) is 4.96. The van der Waals surface area contributed by atoms with Crippen molar-refractivity contribution in [3.63, 3.8) is 0 Å². The van der Waals surface area contributed by atoms with Gasteiger partial charge in [-0.3, -0.25) is 9.59 Å². The Morgan fingerprint density at radius 3 is 2.22 bits per heavy atom. The number of nitrogens with one attached hydrogen (secondary N) is 1. The SMILES string of the molecule is COc1ccnc(C(=O)N[C@@H](C)C(=O)O[C@@H](C)[C@@H](c2ccccc2)C(C)C)c1OC(C)=O. The van der Waals surface area contributed by atoms with Crippen molar-refractivity contribution in [1.29, 1.82) is 0 Å². The van der Waals surface area contributed by atoms with Crippen LogP contribution in [0.15, 0.2) is 42.6 Å². The van der Waals surface area contributed by atoms with E-state index in [0.717, 1.165) is 5.56 Å². The fraction of sp³-hybridized carbons (Fsp3) is 0.417. The molecule has 1 aromatic heterocycles. The summed E-state index contributed by atoms with van der Waals surface area (Å²) in [5.41, 5.74) is 0.905. The maximum Gasteiger partial charge on any atom is 0.328 e. The number of nitrogens with zero attached hydrogens (tertiary/aromatic N) is 1. The molecule has 1 aromatic carbocycles. The van der Waals surface area contributed by atoms with Crippen LogP contribution >= 0.6 is 0 Å². The van der Waals surface area contributed by atoms with Crippen LogP contribution in [0.25, 0.3) is 0 Å². The van der Waals surface area contributed by atoms with Gasteiger partial charge in [0.15, 0.2) is 11.4 Å². The summed E-state index contributed by atoms with van der Waals surface area (Å²) < 4.78 is 15.9. The Hall–Kier alpha value is -3.42. The lowest BCUT2D eigenvalue weighted by molar-refractivity contribution is -0.151. The van der Waals surface area contributed by atoms with E-state index in [1.165, 1.54) is 33.2 Å². The first-order chi connectivity index (χ1) is 15.1. The minimum atomic E-state index is -0.952. The predicted octanol–water partition coefficient (Wildman–Crippen LogP) is 3.51. The van der Waals surface area contributed by atoms with Gasteiger partial charge in [-0.15, -0.1) is 0 Å². The first-order valence-electron chi connectivity index (χ1n) is 10.4. The zero-order valence-electron chi connectivity index (χ0n) is 19.2. The quantitative estimate of drug-likeness (QED) is 0.593. The minimum Gasteiger partial charge on any atom is -0.493 e. The second-order valence-electron chi connectivity index (χ2n) is 7.80. The topological polar surface area (TPSA) is 104 Å². The van der Waals surface area contributed by atoms with Crippen LogP contribution in [-0.2, 0) is 14.3 Å². The van der Waals surface area contributed by atoms with Gasteiger partial charge in [-0.1, -0.05) is 44.2 Å². The van der Waals surface area contributed by atoms with Gasteiger partial charge in [0.05, 0.1) is 7.11 Å². The molecule has 1 amide bonds. The van der Waals surface area contributed by atoms with Crippen molar-refractivity contribution in [3.05, 3.63) is 53.9 Å². The van der Waals surface area contributed by atoms with Gasteiger partial charge >= 0.3 is 11.9 Å². The van der Waals surface area contributed by atoms with Gasteiger partial charge in [-0.25, -0.2) is 9.78 Å². The molecule has 172 valence electrons. The van der Waals surface area contributed by atoms with E-state index in [9.17, 15) is 14.4 Å². The summed E-state index contributed by atoms with van der Waals surface area (Å²) in [6.07, 6.45) is 0.939. The maximum atomic E-state index is 12.8. The molecule has 0 saturated carbocycles. The predicted molar refractivity (Wildman–Crippen MR) is 119 cm³/mol. The van der Waals surface area contributed by atoms with E-state index >= 15 is 0 Å². The summed E-state index contributed by atoms with van der Waals surface area (Å²) in [4.78, 5) is 40.9. The third-order valence-electron chi connectivity index (χ3n) is 4.96. The van der Waals surface area contributed by atoms with Crippen LogP contribution in [0.4, 0.5) is 0 Å². The van der Waals surface area contributed by atoms with E-state index < -0.39 is 30.0 Å². The van der Waals surface area contributed by atoms with E-state index in [-0.39, 0.29) is 29.0 Å². The normalized spacial score (nSPS) is 13.6. The third kappa shape index (κ3) is 6.29. The van der Waals surface area contributed by atoms with Crippen molar-refractivity contribution in [2.24, 2.45) is 5.92 Å². The van der Waals surface area contributed by atoms with E-state index in [1.807, 2.05) is 37.3 Å². The Balaban J connectivity index is 2.12. The lowest BCUT2D eigenvalue weighted by atomic mass is 9.84.